The molecule has 22 heavy (non-hydrogen) atoms. The number of rotatable bonds is 5. The van der Waals surface area contributed by atoms with Crippen LogP contribution in [0.3, 0.4) is 0 Å². The maximum Gasteiger partial charge on any atom is 0.387 e. The molecule has 1 fully saturated rings. The Bertz CT molecular complexity index is 526. The Hall–Kier alpha value is -2.18. The van der Waals surface area contributed by atoms with Crippen LogP contribution in [0.4, 0.5) is 8.78 Å². The summed E-state index contributed by atoms with van der Waals surface area (Å²) in [5, 5.41) is 0. The molecule has 2 rings (SSSR count). The summed E-state index contributed by atoms with van der Waals surface area (Å²) in [7, 11) is 0. The molecule has 2 amide bonds. The van der Waals surface area contributed by atoms with E-state index in [2.05, 4.69) is 4.74 Å². The molecule has 1 aromatic carbocycles. The summed E-state index contributed by atoms with van der Waals surface area (Å²) in [6, 6.07) is 5.63. The molecule has 7 heteroatoms. The van der Waals surface area contributed by atoms with Crippen LogP contribution in [0.25, 0.3) is 0 Å². The lowest BCUT2D eigenvalue weighted by Crippen LogP contribution is -2.39. The van der Waals surface area contributed by atoms with Gasteiger partial charge in [-0.25, -0.2) is 0 Å². The van der Waals surface area contributed by atoms with Crippen LogP contribution in [0.15, 0.2) is 24.3 Å². The van der Waals surface area contributed by atoms with Crippen molar-refractivity contribution in [2.45, 2.75) is 25.9 Å². The number of benzene rings is 1. The summed E-state index contributed by atoms with van der Waals surface area (Å²) >= 11 is 0. The number of nitrogens with zero attached hydrogens (tertiary/aromatic N) is 1. The third-order valence-corrected chi connectivity index (χ3v) is 3.72. The lowest BCUT2D eigenvalue weighted by Gasteiger charge is -2.31. The number of nitrogens with two attached hydrogens (primary N) is 1. The minimum atomic E-state index is -2.88. The quantitative estimate of drug-likeness (QED) is 0.904. The molecule has 0 aromatic heterocycles. The first-order valence-corrected chi connectivity index (χ1v) is 7.08. The van der Waals surface area contributed by atoms with Gasteiger partial charge in [0.1, 0.15) is 5.75 Å². The van der Waals surface area contributed by atoms with Gasteiger partial charge < -0.3 is 15.4 Å². The average Bonchev–Trinajstić information content (AvgIpc) is 2.47. The van der Waals surface area contributed by atoms with E-state index in [9.17, 15) is 18.4 Å². The Kier molecular flexibility index (Phi) is 5.30. The van der Waals surface area contributed by atoms with Crippen molar-refractivity contribution in [3.05, 3.63) is 29.8 Å². The largest absolute Gasteiger partial charge is 0.435 e. The van der Waals surface area contributed by atoms with Gasteiger partial charge in [-0.2, -0.15) is 8.78 Å². The Labute approximate surface area is 127 Å². The maximum absolute atomic E-state index is 12.3. The van der Waals surface area contributed by atoms with Crippen LogP contribution < -0.4 is 10.5 Å². The molecule has 120 valence electrons. The fourth-order valence-corrected chi connectivity index (χ4v) is 2.59. The van der Waals surface area contributed by atoms with E-state index in [-0.39, 0.29) is 23.5 Å². The highest BCUT2D eigenvalue weighted by atomic mass is 19.3. The molecule has 0 radical (unpaired) electrons. The molecule has 0 bridgehead atoms. The van der Waals surface area contributed by atoms with Crippen molar-refractivity contribution >= 4 is 11.8 Å². The van der Waals surface area contributed by atoms with Crippen LogP contribution >= 0.6 is 0 Å². The molecule has 0 saturated carbocycles. The van der Waals surface area contributed by atoms with Crippen LogP contribution in [0.5, 0.6) is 5.75 Å². The number of carbonyl (C=O) groups excluding carboxylic acids is 2. The highest BCUT2D eigenvalue weighted by molar-refractivity contribution is 5.94. The summed E-state index contributed by atoms with van der Waals surface area (Å²) < 4.78 is 28.4. The van der Waals surface area contributed by atoms with Crippen LogP contribution in [-0.4, -0.2) is 36.4 Å². The van der Waals surface area contributed by atoms with Gasteiger partial charge in [0.2, 0.25) is 5.91 Å². The Morgan fingerprint density at radius 3 is 2.32 bits per heavy atom. The number of likely N-dealkylation sites (tertiary alicyclic amines) is 1. The van der Waals surface area contributed by atoms with Crippen molar-refractivity contribution < 1.29 is 23.1 Å². The smallest absolute Gasteiger partial charge is 0.387 e. The van der Waals surface area contributed by atoms with Gasteiger partial charge in [0.05, 0.1) is 0 Å². The zero-order chi connectivity index (χ0) is 16.1. The third-order valence-electron chi connectivity index (χ3n) is 3.72. The highest BCUT2D eigenvalue weighted by Gasteiger charge is 2.24. The Balaban J connectivity index is 1.91. The lowest BCUT2D eigenvalue weighted by atomic mass is 9.93. The molecule has 0 atom stereocenters. The van der Waals surface area contributed by atoms with Crippen LogP contribution in [-0.2, 0) is 4.79 Å². The van der Waals surface area contributed by atoms with Crippen molar-refractivity contribution in [1.82, 2.24) is 4.90 Å². The Morgan fingerprint density at radius 2 is 1.82 bits per heavy atom. The van der Waals surface area contributed by atoms with Crippen molar-refractivity contribution in [2.75, 3.05) is 13.1 Å². The topological polar surface area (TPSA) is 72.6 Å². The van der Waals surface area contributed by atoms with E-state index in [4.69, 9.17) is 5.73 Å². The van der Waals surface area contributed by atoms with E-state index in [0.717, 1.165) is 12.8 Å². The molecule has 1 aliphatic rings. The first-order valence-electron chi connectivity index (χ1n) is 7.08. The van der Waals surface area contributed by atoms with Gasteiger partial charge in [-0.3, -0.25) is 9.59 Å². The molecule has 0 unspecified atom stereocenters. The van der Waals surface area contributed by atoms with E-state index in [1.54, 1.807) is 4.90 Å². The molecule has 0 aliphatic carbocycles. The highest BCUT2D eigenvalue weighted by Crippen LogP contribution is 2.22. The van der Waals surface area contributed by atoms with E-state index < -0.39 is 6.61 Å². The first-order chi connectivity index (χ1) is 10.5. The second kappa shape index (κ2) is 7.20. The molecule has 5 nitrogen and oxygen atoms in total. The van der Waals surface area contributed by atoms with Crippen molar-refractivity contribution in [1.29, 1.82) is 0 Å². The second-order valence-electron chi connectivity index (χ2n) is 5.31. The number of piperidine rings is 1. The maximum atomic E-state index is 12.3. The van der Waals surface area contributed by atoms with Gasteiger partial charge in [0.25, 0.3) is 5.91 Å². The van der Waals surface area contributed by atoms with Gasteiger partial charge in [-0.1, -0.05) is 0 Å². The van der Waals surface area contributed by atoms with E-state index in [1.165, 1.54) is 24.3 Å². The molecule has 1 aliphatic heterocycles. The van der Waals surface area contributed by atoms with E-state index in [1.807, 2.05) is 0 Å². The van der Waals surface area contributed by atoms with Crippen LogP contribution in [0.2, 0.25) is 0 Å². The lowest BCUT2D eigenvalue weighted by molar-refractivity contribution is -0.119. The van der Waals surface area contributed by atoms with Gasteiger partial charge >= 0.3 is 6.61 Å². The van der Waals surface area contributed by atoms with Gasteiger partial charge in [0, 0.05) is 25.1 Å². The monoisotopic (exact) mass is 312 g/mol. The van der Waals surface area contributed by atoms with E-state index >= 15 is 0 Å². The predicted octanol–water partition coefficient (Wildman–Crippen LogP) is 2.02. The number of primary amides is 1. The standard InChI is InChI=1S/C15H18F2N2O3/c16-15(17)22-12-3-1-11(2-4-12)14(21)19-7-5-10(6-8-19)9-13(18)20/h1-4,10,15H,5-9H2,(H2,18,20). The van der Waals surface area contributed by atoms with E-state index in [0.29, 0.717) is 25.1 Å². The number of halogens is 2. The first kappa shape index (κ1) is 16.2. The molecular weight excluding hydrogens is 294 g/mol. The summed E-state index contributed by atoms with van der Waals surface area (Å²) in [4.78, 5) is 24.9. The average molecular weight is 312 g/mol. The number of carbonyl (C=O) groups is 2. The fraction of sp³-hybridized carbons (Fsp3) is 0.467. The number of hydrogen-bond donors (Lipinski definition) is 1. The zero-order valence-corrected chi connectivity index (χ0v) is 12.0. The van der Waals surface area contributed by atoms with Crippen molar-refractivity contribution in [3.63, 3.8) is 0 Å². The minimum Gasteiger partial charge on any atom is -0.435 e. The SMILES string of the molecule is NC(=O)CC1CCN(C(=O)c2ccc(OC(F)F)cc2)CC1. The minimum absolute atomic E-state index is 0.0201. The zero-order valence-electron chi connectivity index (χ0n) is 12.0. The molecule has 1 saturated heterocycles. The number of ether oxygens (including phenoxy) is 1. The van der Waals surface area contributed by atoms with Crippen molar-refractivity contribution in [3.8, 4) is 5.75 Å². The predicted molar refractivity (Wildman–Crippen MR) is 75.5 cm³/mol. The van der Waals surface area contributed by atoms with Gasteiger partial charge in [0.15, 0.2) is 0 Å². The molecule has 1 heterocycles. The normalized spacial score (nSPS) is 15.9. The molecular formula is C15H18F2N2O3. The Morgan fingerprint density at radius 1 is 1.23 bits per heavy atom. The molecule has 0 spiro atoms. The van der Waals surface area contributed by atoms with Gasteiger partial charge in [-0.05, 0) is 43.0 Å². The number of hydrogen-bond acceptors (Lipinski definition) is 3. The summed E-state index contributed by atoms with van der Waals surface area (Å²) in [6.45, 7) is -1.76. The molecule has 2 N–H and O–H groups in total. The summed E-state index contributed by atoms with van der Waals surface area (Å²) in [5.74, 6) is -0.226. The van der Waals surface area contributed by atoms with Gasteiger partial charge in [-0.15, -0.1) is 0 Å². The van der Waals surface area contributed by atoms with Crippen LogP contribution in [0.1, 0.15) is 29.6 Å². The summed E-state index contributed by atoms with van der Waals surface area (Å²) in [5.41, 5.74) is 5.60. The number of amides is 2. The van der Waals surface area contributed by atoms with Crippen LogP contribution in [0, 0.1) is 5.92 Å². The second-order valence-corrected chi connectivity index (χ2v) is 5.31. The molecule has 1 aromatic rings. The fourth-order valence-electron chi connectivity index (χ4n) is 2.59. The van der Waals surface area contributed by atoms with Crippen molar-refractivity contribution in [2.24, 2.45) is 11.7 Å². The number of alkyl halides is 2. The summed E-state index contributed by atoms with van der Waals surface area (Å²) in [6.07, 6.45) is 1.82. The third kappa shape index (κ3) is 4.41.